The quantitative estimate of drug-likeness (QED) is 0.746. The third-order valence-electron chi connectivity index (χ3n) is 4.90. The summed E-state index contributed by atoms with van der Waals surface area (Å²) < 4.78 is 6.13. The Balaban J connectivity index is 1.32. The predicted molar refractivity (Wildman–Crippen MR) is 103 cm³/mol. The van der Waals surface area contributed by atoms with Gasteiger partial charge in [0.2, 0.25) is 5.56 Å². The molecule has 0 saturated heterocycles. The van der Waals surface area contributed by atoms with Gasteiger partial charge in [-0.25, -0.2) is 0 Å². The van der Waals surface area contributed by atoms with E-state index in [9.17, 15) is 9.59 Å². The summed E-state index contributed by atoms with van der Waals surface area (Å²) in [5.74, 6) is 0.615. The summed E-state index contributed by atoms with van der Waals surface area (Å²) in [6, 6.07) is 14.6. The van der Waals surface area contributed by atoms with Crippen LogP contribution in [0.3, 0.4) is 0 Å². The van der Waals surface area contributed by atoms with Gasteiger partial charge in [0.25, 0.3) is 5.91 Å². The molecule has 3 aromatic rings. The average molecular weight is 363 g/mol. The Hall–Kier alpha value is -3.15. The molecule has 2 heterocycles. The van der Waals surface area contributed by atoms with Gasteiger partial charge < -0.3 is 15.0 Å². The fourth-order valence-corrected chi connectivity index (χ4v) is 3.49. The van der Waals surface area contributed by atoms with Gasteiger partial charge in [-0.3, -0.25) is 14.6 Å². The minimum absolute atomic E-state index is 0.0989. The summed E-state index contributed by atoms with van der Waals surface area (Å²) in [4.78, 5) is 30.4. The molecule has 6 heteroatoms. The molecule has 1 saturated carbocycles. The van der Waals surface area contributed by atoms with Gasteiger partial charge in [0, 0.05) is 23.7 Å². The van der Waals surface area contributed by atoms with Crippen molar-refractivity contribution in [3.05, 3.63) is 70.8 Å². The smallest absolute Gasteiger partial charge is 0.268 e. The number of H-pyrrole nitrogens is 1. The lowest BCUT2D eigenvalue weighted by Crippen LogP contribution is -2.40. The number of carbonyl (C=O) groups is 1. The number of fused-ring (bicyclic) bond motifs is 1. The second-order valence-corrected chi connectivity index (χ2v) is 6.85. The van der Waals surface area contributed by atoms with Crippen LogP contribution >= 0.6 is 0 Å². The normalized spacial score (nSPS) is 19.6. The number of ether oxygens (including phenoxy) is 1. The van der Waals surface area contributed by atoms with E-state index in [1.165, 1.54) is 6.07 Å². The van der Waals surface area contributed by atoms with E-state index in [1.54, 1.807) is 18.3 Å². The first kappa shape index (κ1) is 17.3. The molecule has 27 heavy (non-hydrogen) atoms. The lowest BCUT2D eigenvalue weighted by atomic mass is 9.92. The third-order valence-corrected chi connectivity index (χ3v) is 4.90. The van der Waals surface area contributed by atoms with Crippen LogP contribution in [0.1, 0.15) is 36.2 Å². The van der Waals surface area contributed by atoms with Crippen molar-refractivity contribution in [1.29, 1.82) is 0 Å². The highest BCUT2D eigenvalue weighted by molar-refractivity contribution is 5.92. The lowest BCUT2D eigenvalue weighted by Gasteiger charge is -2.29. The molecule has 0 radical (unpaired) electrons. The van der Waals surface area contributed by atoms with E-state index in [-0.39, 0.29) is 23.6 Å². The highest BCUT2D eigenvalue weighted by Crippen LogP contribution is 2.26. The molecular weight excluding hydrogens is 342 g/mol. The van der Waals surface area contributed by atoms with E-state index < -0.39 is 0 Å². The van der Waals surface area contributed by atoms with E-state index in [4.69, 9.17) is 4.74 Å². The van der Waals surface area contributed by atoms with Crippen molar-refractivity contribution in [3.8, 4) is 5.75 Å². The zero-order valence-electron chi connectivity index (χ0n) is 14.9. The standard InChI is InChI=1S/C21H21N3O3/c25-20-5-1-4-19(24-20)21(26)23-15-6-8-16(9-7-15)27-17-10-11-18-14(13-17)3-2-12-22-18/h1-5,10-13,15-16H,6-9H2,(H,23,26)(H,24,25). The Bertz CT molecular complexity index is 1010. The lowest BCUT2D eigenvalue weighted by molar-refractivity contribution is 0.0889. The Labute approximate surface area is 156 Å². The van der Waals surface area contributed by atoms with Crippen molar-refractivity contribution < 1.29 is 9.53 Å². The Kier molecular flexibility index (Phi) is 4.87. The van der Waals surface area contributed by atoms with Gasteiger partial charge in [0.15, 0.2) is 0 Å². The Morgan fingerprint density at radius 1 is 1.07 bits per heavy atom. The first-order valence-corrected chi connectivity index (χ1v) is 9.19. The van der Waals surface area contributed by atoms with Crippen molar-refractivity contribution in [2.45, 2.75) is 37.8 Å². The molecule has 0 bridgehead atoms. The fourth-order valence-electron chi connectivity index (χ4n) is 3.49. The highest BCUT2D eigenvalue weighted by Gasteiger charge is 2.24. The van der Waals surface area contributed by atoms with Crippen LogP contribution in [-0.4, -0.2) is 28.0 Å². The number of hydrogen-bond acceptors (Lipinski definition) is 4. The molecular formula is C21H21N3O3. The highest BCUT2D eigenvalue weighted by atomic mass is 16.5. The maximum absolute atomic E-state index is 12.2. The fraction of sp³-hybridized carbons (Fsp3) is 0.286. The maximum atomic E-state index is 12.2. The SMILES string of the molecule is O=C(NC1CCC(Oc2ccc3ncccc3c2)CC1)c1cccc(=O)[nH]1. The number of nitrogens with zero attached hydrogens (tertiary/aromatic N) is 1. The predicted octanol–water partition coefficient (Wildman–Crippen LogP) is 3.04. The molecule has 0 unspecified atom stereocenters. The largest absolute Gasteiger partial charge is 0.490 e. The third kappa shape index (κ3) is 4.16. The summed E-state index contributed by atoms with van der Waals surface area (Å²) in [7, 11) is 0. The van der Waals surface area contributed by atoms with Crippen molar-refractivity contribution >= 4 is 16.8 Å². The molecule has 1 fully saturated rings. The first-order valence-electron chi connectivity index (χ1n) is 9.19. The molecule has 138 valence electrons. The molecule has 1 aliphatic carbocycles. The van der Waals surface area contributed by atoms with Gasteiger partial charge in [-0.2, -0.15) is 0 Å². The van der Waals surface area contributed by atoms with E-state index in [0.717, 1.165) is 42.3 Å². The number of aromatic nitrogens is 2. The van der Waals surface area contributed by atoms with Crippen molar-refractivity contribution in [1.82, 2.24) is 15.3 Å². The average Bonchev–Trinajstić information content (AvgIpc) is 2.69. The van der Waals surface area contributed by atoms with Crippen LogP contribution in [0.2, 0.25) is 0 Å². The van der Waals surface area contributed by atoms with E-state index in [0.29, 0.717) is 5.69 Å². The topological polar surface area (TPSA) is 84.1 Å². The summed E-state index contributed by atoms with van der Waals surface area (Å²) in [6.45, 7) is 0. The second-order valence-electron chi connectivity index (χ2n) is 6.85. The minimum atomic E-state index is -0.273. The van der Waals surface area contributed by atoms with Gasteiger partial charge in [0.1, 0.15) is 11.4 Å². The molecule has 1 aliphatic rings. The van der Waals surface area contributed by atoms with E-state index in [1.807, 2.05) is 30.3 Å². The number of hydrogen-bond donors (Lipinski definition) is 2. The molecule has 4 rings (SSSR count). The summed E-state index contributed by atoms with van der Waals surface area (Å²) in [6.07, 6.45) is 5.38. The van der Waals surface area contributed by atoms with Gasteiger partial charge in [0.05, 0.1) is 11.6 Å². The van der Waals surface area contributed by atoms with Crippen molar-refractivity contribution in [2.24, 2.45) is 0 Å². The zero-order chi connectivity index (χ0) is 18.6. The van der Waals surface area contributed by atoms with Crippen LogP contribution in [0.15, 0.2) is 59.5 Å². The van der Waals surface area contributed by atoms with Gasteiger partial charge in [-0.15, -0.1) is 0 Å². The molecule has 6 nitrogen and oxygen atoms in total. The summed E-state index contributed by atoms with van der Waals surface area (Å²) >= 11 is 0. The molecule has 0 atom stereocenters. The van der Waals surface area contributed by atoms with Crippen molar-refractivity contribution in [3.63, 3.8) is 0 Å². The van der Waals surface area contributed by atoms with E-state index in [2.05, 4.69) is 15.3 Å². The minimum Gasteiger partial charge on any atom is -0.490 e. The number of carbonyl (C=O) groups excluding carboxylic acids is 1. The number of benzene rings is 1. The van der Waals surface area contributed by atoms with Crippen LogP contribution in [-0.2, 0) is 0 Å². The van der Waals surface area contributed by atoms with Crippen LogP contribution in [0.5, 0.6) is 5.75 Å². The second kappa shape index (κ2) is 7.61. The Morgan fingerprint density at radius 2 is 1.93 bits per heavy atom. The number of rotatable bonds is 4. The zero-order valence-corrected chi connectivity index (χ0v) is 14.9. The van der Waals surface area contributed by atoms with Gasteiger partial charge in [-0.05, 0) is 56.0 Å². The monoisotopic (exact) mass is 363 g/mol. The van der Waals surface area contributed by atoms with Gasteiger partial charge >= 0.3 is 0 Å². The van der Waals surface area contributed by atoms with Gasteiger partial charge in [-0.1, -0.05) is 12.1 Å². The Morgan fingerprint density at radius 3 is 2.74 bits per heavy atom. The molecule has 0 spiro atoms. The van der Waals surface area contributed by atoms with E-state index >= 15 is 0 Å². The van der Waals surface area contributed by atoms with Crippen LogP contribution < -0.4 is 15.6 Å². The van der Waals surface area contributed by atoms with Crippen LogP contribution in [0, 0.1) is 0 Å². The molecule has 2 aromatic heterocycles. The first-order chi connectivity index (χ1) is 13.2. The number of aromatic amines is 1. The van der Waals surface area contributed by atoms with Crippen LogP contribution in [0.4, 0.5) is 0 Å². The molecule has 2 N–H and O–H groups in total. The number of amides is 1. The summed E-state index contributed by atoms with van der Waals surface area (Å²) in [5.41, 5.74) is 0.978. The van der Waals surface area contributed by atoms with Crippen molar-refractivity contribution in [2.75, 3.05) is 0 Å². The number of pyridine rings is 2. The maximum Gasteiger partial charge on any atom is 0.268 e. The van der Waals surface area contributed by atoms with Crippen LogP contribution in [0.25, 0.3) is 10.9 Å². The number of nitrogens with one attached hydrogen (secondary N) is 2. The molecule has 1 amide bonds. The molecule has 1 aromatic carbocycles. The summed E-state index contributed by atoms with van der Waals surface area (Å²) in [5, 5.41) is 4.06. The molecule has 0 aliphatic heterocycles.